The first kappa shape index (κ1) is 46.2. The largest absolute Gasteiger partial charge is 0.455 e. The number of fused-ring (bicyclic) bond motifs is 1. The maximum atomic E-state index is 16.9. The average molecular weight is 830 g/mol. The minimum absolute atomic E-state index is 0.000749. The molecular weight excluding hydrogens is 765 g/mol. The van der Waals surface area contributed by atoms with Gasteiger partial charge in [0.2, 0.25) is 0 Å². The molecule has 328 valence electrons. The van der Waals surface area contributed by atoms with Gasteiger partial charge in [-0.1, -0.05) is 34.6 Å². The molecular formula is C43H64FN5O10. The number of aryl methyl sites for hydroxylation is 1. The Labute approximate surface area is 347 Å². The smallest absolute Gasteiger partial charge is 0.410 e. The highest BCUT2D eigenvalue weighted by atomic mass is 19.1. The number of likely N-dealkylation sites (N-methyl/N-ethyl adjacent to an activating group) is 1. The Balaban J connectivity index is 1.45. The summed E-state index contributed by atoms with van der Waals surface area (Å²) in [4.78, 5) is 66.8. The molecule has 0 aliphatic carbocycles. The maximum Gasteiger partial charge on any atom is 0.410 e. The third-order valence-electron chi connectivity index (χ3n) is 12.7. The van der Waals surface area contributed by atoms with Crippen molar-refractivity contribution in [3.05, 3.63) is 37.1 Å². The van der Waals surface area contributed by atoms with Gasteiger partial charge in [0.15, 0.2) is 17.7 Å². The highest BCUT2D eigenvalue weighted by Crippen LogP contribution is 2.43. The number of aliphatic hydroxyl groups excluding tert-OH is 1. The van der Waals surface area contributed by atoms with E-state index in [1.165, 1.54) is 18.9 Å². The summed E-state index contributed by atoms with van der Waals surface area (Å²) in [6.45, 7) is 15.8. The number of cyclic esters (lactones) is 1. The summed E-state index contributed by atoms with van der Waals surface area (Å²) in [5.74, 6) is -5.78. The van der Waals surface area contributed by atoms with Crippen molar-refractivity contribution in [2.24, 2.45) is 17.8 Å². The third kappa shape index (κ3) is 9.56. The van der Waals surface area contributed by atoms with Gasteiger partial charge in [-0.2, -0.15) is 0 Å². The monoisotopic (exact) mass is 829 g/mol. The Morgan fingerprint density at radius 1 is 1.02 bits per heavy atom. The number of pyridine rings is 1. The van der Waals surface area contributed by atoms with Gasteiger partial charge in [0.25, 0.3) is 5.67 Å². The molecule has 16 heteroatoms. The summed E-state index contributed by atoms with van der Waals surface area (Å²) in [6.07, 6.45) is 2.90. The quantitative estimate of drug-likeness (QED) is 0.165. The van der Waals surface area contributed by atoms with E-state index in [1.54, 1.807) is 53.3 Å². The topological polar surface area (TPSA) is 181 Å². The number of esters is 1. The number of rotatable bonds is 12. The molecule has 1 amide bonds. The molecule has 3 aliphatic rings. The third-order valence-corrected chi connectivity index (χ3v) is 12.7. The second-order valence-electron chi connectivity index (χ2n) is 17.2. The lowest BCUT2D eigenvalue weighted by Crippen LogP contribution is -2.62. The highest BCUT2D eigenvalue weighted by molar-refractivity contribution is 6.08. The van der Waals surface area contributed by atoms with Gasteiger partial charge < -0.3 is 43.6 Å². The summed E-state index contributed by atoms with van der Waals surface area (Å²) in [6, 6.07) is 2.44. The SMILES string of the molecule is CCN[C@H]1C[C@@H](C)O[C@@H](O[C@@H]2[C@H](C)C(=O)[C@](C)(F)C(=O)O[C@H](CC)[C@@]3(C)OC(=O)N(CCCCn4cnc(-c5ccncc5)c4)C3[C@@H](C)C(=O)[C@H](C)C[C@@]2(C)OC)[C@H]1O. The molecule has 0 spiro atoms. The van der Waals surface area contributed by atoms with Gasteiger partial charge in [0, 0.05) is 68.1 Å². The normalized spacial score (nSPS) is 37.5. The van der Waals surface area contributed by atoms with Crippen molar-refractivity contribution in [1.29, 1.82) is 0 Å². The number of alkyl halides is 1. The number of unbranched alkanes of at least 4 members (excludes halogenated alkanes) is 1. The van der Waals surface area contributed by atoms with Gasteiger partial charge in [-0.05, 0) is 78.5 Å². The summed E-state index contributed by atoms with van der Waals surface area (Å²) in [5.41, 5.74) is -4.46. The molecule has 1 unspecified atom stereocenters. The number of halogens is 1. The van der Waals surface area contributed by atoms with Gasteiger partial charge in [-0.3, -0.25) is 14.6 Å². The van der Waals surface area contributed by atoms with Crippen molar-refractivity contribution < 1.29 is 52.4 Å². The number of methoxy groups -OCH3 is 1. The molecule has 0 saturated carbocycles. The number of aromatic nitrogens is 3. The number of hydrogen-bond donors (Lipinski definition) is 2. The number of amides is 1. The first-order valence-corrected chi connectivity index (χ1v) is 21.0. The van der Waals surface area contributed by atoms with Crippen LogP contribution in [0.3, 0.4) is 0 Å². The van der Waals surface area contributed by atoms with Crippen LogP contribution >= 0.6 is 0 Å². The van der Waals surface area contributed by atoms with E-state index in [0.717, 1.165) is 18.2 Å². The molecule has 0 bridgehead atoms. The minimum Gasteiger partial charge on any atom is -0.455 e. The average Bonchev–Trinajstić information content (AvgIpc) is 3.79. The molecule has 13 atom stereocenters. The molecule has 3 fully saturated rings. The molecule has 15 nitrogen and oxygen atoms in total. The Morgan fingerprint density at radius 3 is 2.34 bits per heavy atom. The summed E-state index contributed by atoms with van der Waals surface area (Å²) >= 11 is 0. The number of hydrogen-bond acceptors (Lipinski definition) is 13. The number of nitrogens with one attached hydrogen (secondary N) is 1. The molecule has 5 heterocycles. The van der Waals surface area contributed by atoms with Crippen molar-refractivity contribution in [2.75, 3.05) is 20.2 Å². The zero-order valence-electron chi connectivity index (χ0n) is 36.2. The van der Waals surface area contributed by atoms with E-state index in [-0.39, 0.29) is 31.3 Å². The van der Waals surface area contributed by atoms with E-state index in [2.05, 4.69) is 15.3 Å². The molecule has 0 radical (unpaired) electrons. The van der Waals surface area contributed by atoms with E-state index in [9.17, 15) is 24.3 Å². The van der Waals surface area contributed by atoms with Gasteiger partial charge >= 0.3 is 12.1 Å². The van der Waals surface area contributed by atoms with Crippen LogP contribution in [0.1, 0.15) is 94.4 Å². The molecule has 3 aliphatic heterocycles. The number of nitrogens with zero attached hydrogens (tertiary/aromatic N) is 4. The van der Waals surface area contributed by atoms with Crippen LogP contribution in [-0.2, 0) is 44.6 Å². The lowest BCUT2D eigenvalue weighted by molar-refractivity contribution is -0.290. The molecule has 2 aromatic rings. The fourth-order valence-electron chi connectivity index (χ4n) is 9.42. The highest BCUT2D eigenvalue weighted by Gasteiger charge is 2.61. The summed E-state index contributed by atoms with van der Waals surface area (Å²) < 4.78 is 49.4. The molecule has 5 rings (SSSR count). The minimum atomic E-state index is -3.18. The predicted molar refractivity (Wildman–Crippen MR) is 215 cm³/mol. The van der Waals surface area contributed by atoms with E-state index in [4.69, 9.17) is 23.7 Å². The zero-order valence-corrected chi connectivity index (χ0v) is 36.2. The van der Waals surface area contributed by atoms with E-state index >= 15 is 4.39 Å². The first-order chi connectivity index (χ1) is 27.8. The van der Waals surface area contributed by atoms with Crippen molar-refractivity contribution in [2.45, 2.75) is 161 Å². The fraction of sp³-hybridized carbons (Fsp3) is 0.721. The fourth-order valence-corrected chi connectivity index (χ4v) is 9.42. The molecule has 2 aromatic heterocycles. The maximum absolute atomic E-state index is 16.9. The van der Waals surface area contributed by atoms with Crippen molar-refractivity contribution in [3.63, 3.8) is 0 Å². The van der Waals surface area contributed by atoms with Crippen LogP contribution in [0.25, 0.3) is 11.3 Å². The Hall–Kier alpha value is -3.83. The number of aliphatic hydroxyl groups is 1. The molecule has 2 N–H and O–H groups in total. The van der Waals surface area contributed by atoms with Crippen molar-refractivity contribution in [3.8, 4) is 11.3 Å². The van der Waals surface area contributed by atoms with Crippen LogP contribution in [0.15, 0.2) is 37.1 Å². The van der Waals surface area contributed by atoms with E-state index in [0.29, 0.717) is 32.4 Å². The van der Waals surface area contributed by atoms with Crippen LogP contribution in [0, 0.1) is 17.8 Å². The van der Waals surface area contributed by atoms with Crippen LogP contribution in [0.2, 0.25) is 0 Å². The lowest BCUT2D eigenvalue weighted by Gasteiger charge is -2.46. The Bertz CT molecular complexity index is 1780. The second-order valence-corrected chi connectivity index (χ2v) is 17.2. The number of carbonyl (C=O) groups is 4. The van der Waals surface area contributed by atoms with Gasteiger partial charge in [0.05, 0.1) is 35.9 Å². The standard InChI is InChI=1S/C43H64FN5O10/c1-11-32-43(9)35(49(40(54)59-43)20-14-13-19-48-23-31(47-24-48)29-15-17-45-18-16-29)27(5)33(50)25(3)22-41(7,55-10)37(28(6)36(52)42(8,44)39(53)57-32)58-38-34(51)30(46-12-2)21-26(4)56-38/h15-18,23-28,30,32,34-35,37-38,46,51H,11-14,19-22H2,1-10H3/t25-,26-,27+,28-,30+,32-,34+,35?,37-,38+,41-,42+,43-/m1/s1. The van der Waals surface area contributed by atoms with Gasteiger partial charge in [-0.25, -0.2) is 19.0 Å². The molecule has 0 aromatic carbocycles. The predicted octanol–water partition coefficient (Wildman–Crippen LogP) is 5.07. The number of Topliss-reactive ketones (excluding diaryl/α,β-unsaturated/α-hetero) is 2. The summed E-state index contributed by atoms with van der Waals surface area (Å²) in [5, 5.41) is 14.6. The van der Waals surface area contributed by atoms with E-state index < -0.39 is 89.2 Å². The number of carbonyl (C=O) groups excluding carboxylic acids is 4. The number of imidazole rings is 1. The van der Waals surface area contributed by atoms with Crippen LogP contribution in [-0.4, -0.2) is 128 Å². The van der Waals surface area contributed by atoms with Gasteiger partial charge in [-0.15, -0.1) is 0 Å². The van der Waals surface area contributed by atoms with E-state index in [1.807, 2.05) is 36.7 Å². The van der Waals surface area contributed by atoms with Crippen LogP contribution in [0.4, 0.5) is 9.18 Å². The van der Waals surface area contributed by atoms with Gasteiger partial charge in [0.1, 0.15) is 18.0 Å². The van der Waals surface area contributed by atoms with Crippen LogP contribution < -0.4 is 5.32 Å². The first-order valence-electron chi connectivity index (χ1n) is 21.0. The number of ketones is 2. The lowest BCUT2D eigenvalue weighted by atomic mass is 9.73. The Morgan fingerprint density at radius 2 is 1.69 bits per heavy atom. The van der Waals surface area contributed by atoms with Crippen molar-refractivity contribution >= 4 is 23.6 Å². The number of ether oxygens (including phenoxy) is 5. The van der Waals surface area contributed by atoms with Crippen LogP contribution in [0.5, 0.6) is 0 Å². The zero-order chi connectivity index (χ0) is 43.4. The second kappa shape index (κ2) is 18.8. The summed E-state index contributed by atoms with van der Waals surface area (Å²) in [7, 11) is 1.40. The molecule has 3 saturated heterocycles. The molecule has 59 heavy (non-hydrogen) atoms. The van der Waals surface area contributed by atoms with Crippen molar-refractivity contribution in [1.82, 2.24) is 24.8 Å². The Kier molecular flexibility index (Phi) is 14.8.